The van der Waals surface area contributed by atoms with Crippen molar-refractivity contribution in [2.24, 2.45) is 5.92 Å². The molecule has 1 aromatic heterocycles. The number of hydrogen-bond acceptors (Lipinski definition) is 3. The molecule has 1 atom stereocenters. The monoisotopic (exact) mass is 271 g/mol. The Hall–Kier alpha value is -1.61. The first-order chi connectivity index (χ1) is 9.54. The van der Waals surface area contributed by atoms with Crippen molar-refractivity contribution in [2.45, 2.75) is 33.4 Å². The van der Waals surface area contributed by atoms with E-state index in [1.165, 1.54) is 11.1 Å². The second-order valence-corrected chi connectivity index (χ2v) is 5.78. The lowest BCUT2D eigenvalue weighted by molar-refractivity contribution is 0.506. The van der Waals surface area contributed by atoms with E-state index in [9.17, 15) is 0 Å². The topological polar surface area (TPSA) is 28.2 Å². The zero-order chi connectivity index (χ0) is 14.7. The van der Waals surface area contributed by atoms with Gasteiger partial charge in [0.25, 0.3) is 0 Å². The van der Waals surface area contributed by atoms with Crippen molar-refractivity contribution in [1.82, 2.24) is 10.3 Å². The Morgan fingerprint density at radius 2 is 1.90 bits per heavy atom. The van der Waals surface area contributed by atoms with Crippen LogP contribution in [0.3, 0.4) is 0 Å². The molecule has 0 saturated heterocycles. The van der Waals surface area contributed by atoms with Gasteiger partial charge in [-0.15, -0.1) is 0 Å². The number of para-hydroxylation sites is 1. The molecular weight excluding hydrogens is 246 g/mol. The summed E-state index contributed by atoms with van der Waals surface area (Å²) in [6, 6.07) is 11.1. The molecule has 2 rings (SSSR count). The van der Waals surface area contributed by atoms with E-state index in [2.05, 4.69) is 62.3 Å². The molecule has 0 saturated carbocycles. The van der Waals surface area contributed by atoms with Crippen LogP contribution in [-0.2, 0) is 6.54 Å². The van der Waals surface area contributed by atoms with E-state index in [0.29, 0.717) is 12.0 Å². The number of nitrogens with one attached hydrogen (secondary N) is 1. The van der Waals surface area contributed by atoms with Gasteiger partial charge in [0.15, 0.2) is 0 Å². The standard InChI is InChI=1S/C17H25N3/c1-12(2)13(3)20(5)17-10-14(11-18-4)19-16-9-7-6-8-15(16)17/h6-10,12-13,18H,11H2,1-5H3. The van der Waals surface area contributed by atoms with Crippen molar-refractivity contribution in [3.63, 3.8) is 0 Å². The van der Waals surface area contributed by atoms with Crippen LogP contribution in [0, 0.1) is 5.92 Å². The first-order valence-electron chi connectivity index (χ1n) is 7.30. The van der Waals surface area contributed by atoms with Crippen molar-refractivity contribution < 1.29 is 0 Å². The molecule has 1 N–H and O–H groups in total. The number of anilines is 1. The molecule has 0 aliphatic carbocycles. The van der Waals surface area contributed by atoms with Gasteiger partial charge in [-0.05, 0) is 32.0 Å². The zero-order valence-electron chi connectivity index (χ0n) is 13.1. The molecule has 20 heavy (non-hydrogen) atoms. The SMILES string of the molecule is CNCc1cc(N(C)C(C)C(C)C)c2ccccc2n1. The molecule has 3 nitrogen and oxygen atoms in total. The number of rotatable bonds is 5. The van der Waals surface area contributed by atoms with Crippen LogP contribution in [0.25, 0.3) is 10.9 Å². The van der Waals surface area contributed by atoms with Crippen LogP contribution in [-0.4, -0.2) is 25.1 Å². The maximum atomic E-state index is 4.72. The molecule has 2 aromatic rings. The third kappa shape index (κ3) is 2.93. The number of pyridine rings is 1. The van der Waals surface area contributed by atoms with Crippen LogP contribution in [0.2, 0.25) is 0 Å². The Kier molecular flexibility index (Phi) is 4.61. The van der Waals surface area contributed by atoms with Crippen LogP contribution in [0.15, 0.2) is 30.3 Å². The molecular formula is C17H25N3. The van der Waals surface area contributed by atoms with Crippen molar-refractivity contribution in [3.8, 4) is 0 Å². The van der Waals surface area contributed by atoms with Crippen molar-refractivity contribution >= 4 is 16.6 Å². The van der Waals surface area contributed by atoms with E-state index in [-0.39, 0.29) is 0 Å². The minimum atomic E-state index is 0.489. The average molecular weight is 271 g/mol. The van der Waals surface area contributed by atoms with Gasteiger partial charge in [0.1, 0.15) is 0 Å². The highest BCUT2D eigenvalue weighted by Gasteiger charge is 2.17. The fourth-order valence-corrected chi connectivity index (χ4v) is 2.44. The van der Waals surface area contributed by atoms with Gasteiger partial charge >= 0.3 is 0 Å². The fraction of sp³-hybridized carbons (Fsp3) is 0.471. The largest absolute Gasteiger partial charge is 0.371 e. The minimum absolute atomic E-state index is 0.489. The summed E-state index contributed by atoms with van der Waals surface area (Å²) in [6.07, 6.45) is 0. The molecule has 0 aliphatic rings. The lowest BCUT2D eigenvalue weighted by Crippen LogP contribution is -2.33. The highest BCUT2D eigenvalue weighted by atomic mass is 15.1. The highest BCUT2D eigenvalue weighted by molar-refractivity contribution is 5.92. The molecule has 3 heteroatoms. The Morgan fingerprint density at radius 3 is 2.55 bits per heavy atom. The van der Waals surface area contributed by atoms with Gasteiger partial charge in [-0.1, -0.05) is 32.0 Å². The number of benzene rings is 1. The van der Waals surface area contributed by atoms with Gasteiger partial charge < -0.3 is 10.2 Å². The van der Waals surface area contributed by atoms with Crippen LogP contribution in [0.4, 0.5) is 5.69 Å². The van der Waals surface area contributed by atoms with Gasteiger partial charge in [0.05, 0.1) is 11.2 Å². The Labute approximate surface area is 122 Å². The van der Waals surface area contributed by atoms with Crippen LogP contribution in [0.1, 0.15) is 26.5 Å². The van der Waals surface area contributed by atoms with E-state index in [4.69, 9.17) is 4.98 Å². The first-order valence-corrected chi connectivity index (χ1v) is 7.30. The zero-order valence-corrected chi connectivity index (χ0v) is 13.1. The second-order valence-electron chi connectivity index (χ2n) is 5.78. The second kappa shape index (κ2) is 6.23. The lowest BCUT2D eigenvalue weighted by Gasteiger charge is -2.31. The summed E-state index contributed by atoms with van der Waals surface area (Å²) in [7, 11) is 4.13. The number of hydrogen-bond donors (Lipinski definition) is 1. The van der Waals surface area contributed by atoms with E-state index >= 15 is 0 Å². The van der Waals surface area contributed by atoms with Crippen LogP contribution in [0.5, 0.6) is 0 Å². The quantitative estimate of drug-likeness (QED) is 0.903. The Morgan fingerprint density at radius 1 is 1.20 bits per heavy atom. The molecule has 0 radical (unpaired) electrons. The molecule has 108 valence electrons. The van der Waals surface area contributed by atoms with Gasteiger partial charge in [-0.2, -0.15) is 0 Å². The number of aromatic nitrogens is 1. The summed E-state index contributed by atoms with van der Waals surface area (Å²) >= 11 is 0. The minimum Gasteiger partial charge on any atom is -0.371 e. The third-order valence-electron chi connectivity index (χ3n) is 4.06. The molecule has 1 unspecified atom stereocenters. The average Bonchev–Trinajstić information content (AvgIpc) is 2.45. The van der Waals surface area contributed by atoms with E-state index in [1.54, 1.807) is 0 Å². The van der Waals surface area contributed by atoms with Gasteiger partial charge in [-0.25, -0.2) is 0 Å². The summed E-state index contributed by atoms with van der Waals surface area (Å²) in [5.41, 5.74) is 3.42. The molecule has 0 fully saturated rings. The summed E-state index contributed by atoms with van der Waals surface area (Å²) < 4.78 is 0. The summed E-state index contributed by atoms with van der Waals surface area (Å²) in [5.74, 6) is 0.611. The summed E-state index contributed by atoms with van der Waals surface area (Å²) in [4.78, 5) is 7.09. The van der Waals surface area contributed by atoms with Crippen molar-refractivity contribution in [3.05, 3.63) is 36.0 Å². The Balaban J connectivity index is 2.54. The van der Waals surface area contributed by atoms with Gasteiger partial charge in [0, 0.05) is 30.7 Å². The fourth-order valence-electron chi connectivity index (χ4n) is 2.44. The van der Waals surface area contributed by atoms with Crippen LogP contribution >= 0.6 is 0 Å². The number of nitrogens with zero attached hydrogens (tertiary/aromatic N) is 2. The van der Waals surface area contributed by atoms with E-state index in [0.717, 1.165) is 17.8 Å². The first kappa shape index (κ1) is 14.8. The molecule has 0 spiro atoms. The molecule has 0 amide bonds. The van der Waals surface area contributed by atoms with Crippen molar-refractivity contribution in [1.29, 1.82) is 0 Å². The number of fused-ring (bicyclic) bond motifs is 1. The summed E-state index contributed by atoms with van der Waals surface area (Å²) in [6.45, 7) is 7.59. The molecule has 1 heterocycles. The molecule has 1 aromatic carbocycles. The smallest absolute Gasteiger partial charge is 0.0726 e. The molecule has 0 aliphatic heterocycles. The predicted octanol–water partition coefficient (Wildman–Crippen LogP) is 3.43. The van der Waals surface area contributed by atoms with Crippen molar-refractivity contribution in [2.75, 3.05) is 19.0 Å². The Bertz CT molecular complexity index is 577. The lowest BCUT2D eigenvalue weighted by atomic mass is 10.0. The third-order valence-corrected chi connectivity index (χ3v) is 4.06. The highest BCUT2D eigenvalue weighted by Crippen LogP contribution is 2.28. The summed E-state index contributed by atoms with van der Waals surface area (Å²) in [5, 5.41) is 4.41. The maximum absolute atomic E-state index is 4.72. The van der Waals surface area contributed by atoms with E-state index < -0.39 is 0 Å². The maximum Gasteiger partial charge on any atom is 0.0726 e. The predicted molar refractivity (Wildman–Crippen MR) is 87.2 cm³/mol. The van der Waals surface area contributed by atoms with Gasteiger partial charge in [0.2, 0.25) is 0 Å². The molecule has 0 bridgehead atoms. The normalized spacial score (nSPS) is 12.9. The van der Waals surface area contributed by atoms with E-state index in [1.807, 2.05) is 13.1 Å². The van der Waals surface area contributed by atoms with Gasteiger partial charge in [-0.3, -0.25) is 4.98 Å². The van der Waals surface area contributed by atoms with Crippen LogP contribution < -0.4 is 10.2 Å².